The molecule has 0 aliphatic carbocycles. The molecule has 2 N–H and O–H groups in total. The lowest BCUT2D eigenvalue weighted by Gasteiger charge is -2.02. The fourth-order valence-corrected chi connectivity index (χ4v) is 1.56. The van der Waals surface area contributed by atoms with Gasteiger partial charge >= 0.3 is 0 Å². The Morgan fingerprint density at radius 1 is 1.50 bits per heavy atom. The van der Waals surface area contributed by atoms with Crippen LogP contribution in [0.1, 0.15) is 11.1 Å². The van der Waals surface area contributed by atoms with Gasteiger partial charge in [-0.15, -0.1) is 0 Å². The molecule has 0 fully saturated rings. The zero-order valence-electron chi connectivity index (χ0n) is 8.61. The van der Waals surface area contributed by atoms with Crippen LogP contribution >= 0.6 is 11.6 Å². The van der Waals surface area contributed by atoms with Gasteiger partial charge in [0.1, 0.15) is 11.9 Å². The molecule has 0 aliphatic rings. The molecule has 0 bridgehead atoms. The summed E-state index contributed by atoms with van der Waals surface area (Å²) in [4.78, 5) is 0. The van der Waals surface area contributed by atoms with Crippen molar-refractivity contribution in [3.8, 4) is 11.8 Å². The molecule has 0 saturated carbocycles. The van der Waals surface area contributed by atoms with Gasteiger partial charge in [0.05, 0.1) is 16.3 Å². The topological polar surface area (TPSA) is 67.6 Å². The summed E-state index contributed by atoms with van der Waals surface area (Å²) in [6.45, 7) is 1.88. The second-order valence-electron chi connectivity index (χ2n) is 3.42. The fraction of sp³-hybridized carbons (Fsp3) is 0.0909. The molecule has 4 nitrogen and oxygen atoms in total. The van der Waals surface area contributed by atoms with Gasteiger partial charge in [-0.3, -0.25) is 0 Å². The van der Waals surface area contributed by atoms with Gasteiger partial charge in [-0.2, -0.15) is 10.4 Å². The Labute approximate surface area is 97.9 Å². The third-order valence-electron chi connectivity index (χ3n) is 2.27. The lowest BCUT2D eigenvalue weighted by molar-refractivity contribution is 0.885. The number of hydrogen-bond acceptors (Lipinski definition) is 3. The van der Waals surface area contributed by atoms with Crippen LogP contribution in [0.25, 0.3) is 5.69 Å². The molecular weight excluding hydrogens is 224 g/mol. The van der Waals surface area contributed by atoms with Crippen LogP contribution in [0.2, 0.25) is 5.02 Å². The summed E-state index contributed by atoms with van der Waals surface area (Å²) >= 11 is 5.93. The van der Waals surface area contributed by atoms with Crippen LogP contribution in [0.15, 0.2) is 24.4 Å². The molecule has 1 heterocycles. The third kappa shape index (κ3) is 1.73. The van der Waals surface area contributed by atoms with E-state index in [2.05, 4.69) is 5.10 Å². The predicted molar refractivity (Wildman–Crippen MR) is 62.4 cm³/mol. The van der Waals surface area contributed by atoms with Gasteiger partial charge in [-0.25, -0.2) is 4.68 Å². The number of halogens is 1. The highest BCUT2D eigenvalue weighted by Gasteiger charge is 2.05. The first-order valence-electron chi connectivity index (χ1n) is 4.63. The third-order valence-corrected chi connectivity index (χ3v) is 2.59. The number of anilines is 1. The molecule has 0 radical (unpaired) electrons. The summed E-state index contributed by atoms with van der Waals surface area (Å²) in [5.41, 5.74) is 7.79. The van der Waals surface area contributed by atoms with Gasteiger partial charge in [0.25, 0.3) is 0 Å². The minimum atomic E-state index is 0.409. The Hall–Kier alpha value is -1.99. The number of aromatic nitrogens is 2. The largest absolute Gasteiger partial charge is 0.382 e. The van der Waals surface area contributed by atoms with Crippen molar-refractivity contribution >= 4 is 17.4 Å². The predicted octanol–water partition coefficient (Wildman–Crippen LogP) is 2.29. The Kier molecular flexibility index (Phi) is 2.55. The summed E-state index contributed by atoms with van der Waals surface area (Å²) in [5, 5.41) is 13.3. The van der Waals surface area contributed by atoms with Crippen LogP contribution in [0.3, 0.4) is 0 Å². The number of nitrogens with two attached hydrogens (primary N) is 1. The lowest BCUT2D eigenvalue weighted by atomic mass is 10.2. The van der Waals surface area contributed by atoms with E-state index in [1.165, 1.54) is 0 Å². The van der Waals surface area contributed by atoms with Gasteiger partial charge in [-0.05, 0) is 25.1 Å². The Morgan fingerprint density at radius 2 is 2.25 bits per heavy atom. The zero-order chi connectivity index (χ0) is 11.7. The fourth-order valence-electron chi connectivity index (χ4n) is 1.34. The SMILES string of the molecule is Cc1cn(-c2ccc(C#N)c(Cl)c2)nc1N. The maximum atomic E-state index is 8.75. The normalized spacial score (nSPS) is 10.1. The minimum Gasteiger partial charge on any atom is -0.382 e. The average Bonchev–Trinajstić information content (AvgIpc) is 2.59. The summed E-state index contributed by atoms with van der Waals surface area (Å²) < 4.78 is 1.64. The molecule has 0 aliphatic heterocycles. The van der Waals surface area contributed by atoms with Crippen LogP contribution < -0.4 is 5.73 Å². The molecule has 2 rings (SSSR count). The van der Waals surface area contributed by atoms with Crippen LogP contribution in [0, 0.1) is 18.3 Å². The number of rotatable bonds is 1. The van der Waals surface area contributed by atoms with Crippen molar-refractivity contribution in [3.05, 3.63) is 40.5 Å². The first-order valence-corrected chi connectivity index (χ1v) is 5.01. The molecule has 2 aromatic rings. The quantitative estimate of drug-likeness (QED) is 0.820. The van der Waals surface area contributed by atoms with Gasteiger partial charge in [-0.1, -0.05) is 11.6 Å². The number of nitriles is 1. The molecule has 1 aromatic carbocycles. The number of aryl methyl sites for hydroxylation is 1. The van der Waals surface area contributed by atoms with E-state index in [-0.39, 0.29) is 0 Å². The van der Waals surface area contributed by atoms with Gasteiger partial charge in [0, 0.05) is 11.8 Å². The van der Waals surface area contributed by atoms with E-state index in [4.69, 9.17) is 22.6 Å². The van der Waals surface area contributed by atoms with E-state index in [0.717, 1.165) is 11.3 Å². The first-order chi connectivity index (χ1) is 7.61. The number of benzene rings is 1. The molecule has 1 aromatic heterocycles. The summed E-state index contributed by atoms with van der Waals surface area (Å²) in [7, 11) is 0. The molecule has 16 heavy (non-hydrogen) atoms. The second kappa shape index (κ2) is 3.87. The number of hydrogen-bond donors (Lipinski definition) is 1. The molecule has 0 unspecified atom stereocenters. The number of nitrogen functional groups attached to an aromatic ring is 1. The van der Waals surface area contributed by atoms with E-state index >= 15 is 0 Å². The molecule has 0 saturated heterocycles. The van der Waals surface area contributed by atoms with Crippen molar-refractivity contribution in [2.45, 2.75) is 6.92 Å². The first kappa shape index (κ1) is 10.5. The highest BCUT2D eigenvalue weighted by atomic mass is 35.5. The lowest BCUT2D eigenvalue weighted by Crippen LogP contribution is -1.96. The van der Waals surface area contributed by atoms with Crippen molar-refractivity contribution < 1.29 is 0 Å². The van der Waals surface area contributed by atoms with Crippen LogP contribution in [-0.2, 0) is 0 Å². The molecular formula is C11H9ClN4. The summed E-state index contributed by atoms with van der Waals surface area (Å²) in [6.07, 6.45) is 1.81. The van der Waals surface area contributed by atoms with Gasteiger partial charge in [0.15, 0.2) is 0 Å². The van der Waals surface area contributed by atoms with Crippen LogP contribution in [0.4, 0.5) is 5.82 Å². The highest BCUT2D eigenvalue weighted by Crippen LogP contribution is 2.20. The summed E-state index contributed by atoms with van der Waals surface area (Å²) in [6, 6.07) is 7.12. The Morgan fingerprint density at radius 3 is 2.75 bits per heavy atom. The Balaban J connectivity index is 2.50. The van der Waals surface area contributed by atoms with Crippen LogP contribution in [-0.4, -0.2) is 9.78 Å². The molecule has 80 valence electrons. The average molecular weight is 233 g/mol. The van der Waals surface area contributed by atoms with E-state index < -0.39 is 0 Å². The van der Waals surface area contributed by atoms with Crippen molar-refractivity contribution in [1.82, 2.24) is 9.78 Å². The van der Waals surface area contributed by atoms with Crippen molar-refractivity contribution in [1.29, 1.82) is 5.26 Å². The van der Waals surface area contributed by atoms with E-state index in [9.17, 15) is 0 Å². The van der Waals surface area contributed by atoms with Crippen LogP contribution in [0.5, 0.6) is 0 Å². The maximum absolute atomic E-state index is 8.75. The smallest absolute Gasteiger partial charge is 0.148 e. The number of nitrogens with zero attached hydrogens (tertiary/aromatic N) is 3. The maximum Gasteiger partial charge on any atom is 0.148 e. The van der Waals surface area contributed by atoms with E-state index in [1.807, 2.05) is 19.2 Å². The van der Waals surface area contributed by atoms with E-state index in [0.29, 0.717) is 16.4 Å². The van der Waals surface area contributed by atoms with Gasteiger partial charge in [0.2, 0.25) is 0 Å². The monoisotopic (exact) mass is 232 g/mol. The van der Waals surface area contributed by atoms with Crippen molar-refractivity contribution in [2.75, 3.05) is 5.73 Å². The molecule has 0 amide bonds. The standard InChI is InChI=1S/C11H9ClN4/c1-7-6-16(15-11(7)14)9-3-2-8(5-13)10(12)4-9/h2-4,6H,1H3,(H2,14,15). The second-order valence-corrected chi connectivity index (χ2v) is 3.83. The zero-order valence-corrected chi connectivity index (χ0v) is 9.36. The Bertz CT molecular complexity index is 561. The molecule has 5 heteroatoms. The van der Waals surface area contributed by atoms with E-state index in [1.54, 1.807) is 22.9 Å². The molecule has 0 atom stereocenters. The molecule has 0 spiro atoms. The van der Waals surface area contributed by atoms with Crippen molar-refractivity contribution in [3.63, 3.8) is 0 Å². The van der Waals surface area contributed by atoms with Crippen molar-refractivity contribution in [2.24, 2.45) is 0 Å². The summed E-state index contributed by atoms with van der Waals surface area (Å²) in [5.74, 6) is 0.487. The van der Waals surface area contributed by atoms with Gasteiger partial charge < -0.3 is 5.73 Å². The highest BCUT2D eigenvalue weighted by molar-refractivity contribution is 6.31. The minimum absolute atomic E-state index is 0.409.